The highest BCUT2D eigenvalue weighted by Crippen LogP contribution is 2.06. The molecule has 0 spiro atoms. The van der Waals surface area contributed by atoms with Gasteiger partial charge in [-0.15, -0.1) is 0 Å². The Morgan fingerprint density at radius 3 is 2.33 bits per heavy atom. The first kappa shape index (κ1) is 15.4. The molecule has 4 nitrogen and oxygen atoms in total. The summed E-state index contributed by atoms with van der Waals surface area (Å²) in [6.07, 6.45) is 5.02. The fourth-order valence-corrected chi connectivity index (χ4v) is 2.32. The zero-order valence-electron chi connectivity index (χ0n) is 12.0. The van der Waals surface area contributed by atoms with Gasteiger partial charge in [0.1, 0.15) is 0 Å². The minimum absolute atomic E-state index is 0.213. The molecule has 18 heavy (non-hydrogen) atoms. The van der Waals surface area contributed by atoms with Crippen LogP contribution in [-0.4, -0.2) is 61.6 Å². The van der Waals surface area contributed by atoms with E-state index in [0.29, 0.717) is 0 Å². The molecule has 1 rings (SSSR count). The highest BCUT2D eigenvalue weighted by Gasteiger charge is 2.17. The van der Waals surface area contributed by atoms with E-state index in [1.807, 2.05) is 11.8 Å². The van der Waals surface area contributed by atoms with Gasteiger partial charge in [-0.05, 0) is 26.3 Å². The molecule has 1 fully saturated rings. The van der Waals surface area contributed by atoms with Gasteiger partial charge in [0.25, 0.3) is 0 Å². The molecule has 0 N–H and O–H groups in total. The molecule has 1 heterocycles. The minimum atomic E-state index is 0.213. The number of rotatable bonds is 8. The van der Waals surface area contributed by atoms with Crippen LogP contribution < -0.4 is 0 Å². The van der Waals surface area contributed by atoms with E-state index in [2.05, 4.69) is 4.90 Å². The summed E-state index contributed by atoms with van der Waals surface area (Å²) in [5.41, 5.74) is 0. The molecule has 0 atom stereocenters. The summed E-state index contributed by atoms with van der Waals surface area (Å²) >= 11 is 0. The van der Waals surface area contributed by atoms with E-state index < -0.39 is 0 Å². The molecule has 0 unspecified atom stereocenters. The standard InChI is InChI=1S/C14H28N2O2/c1-3-18-13-7-5-4-6-8-15-9-11-16(12-10-15)14(2)17/h3-13H2,1-2H3. The van der Waals surface area contributed by atoms with Crippen LogP contribution in [-0.2, 0) is 9.53 Å². The predicted molar refractivity (Wildman–Crippen MR) is 73.7 cm³/mol. The predicted octanol–water partition coefficient (Wildman–Crippen LogP) is 1.75. The van der Waals surface area contributed by atoms with Gasteiger partial charge in [-0.3, -0.25) is 9.69 Å². The van der Waals surface area contributed by atoms with Crippen molar-refractivity contribution in [3.63, 3.8) is 0 Å². The van der Waals surface area contributed by atoms with Crippen molar-refractivity contribution in [2.75, 3.05) is 45.9 Å². The van der Waals surface area contributed by atoms with Crippen LogP contribution in [0.25, 0.3) is 0 Å². The lowest BCUT2D eigenvalue weighted by Gasteiger charge is -2.34. The van der Waals surface area contributed by atoms with E-state index in [1.165, 1.54) is 32.2 Å². The highest BCUT2D eigenvalue weighted by molar-refractivity contribution is 5.73. The Kier molecular flexibility index (Phi) is 8.01. The number of carbonyl (C=O) groups is 1. The monoisotopic (exact) mass is 256 g/mol. The van der Waals surface area contributed by atoms with E-state index in [9.17, 15) is 4.79 Å². The summed E-state index contributed by atoms with van der Waals surface area (Å²) in [4.78, 5) is 15.6. The van der Waals surface area contributed by atoms with Crippen LogP contribution in [0.15, 0.2) is 0 Å². The van der Waals surface area contributed by atoms with Crippen LogP contribution in [0.2, 0.25) is 0 Å². The van der Waals surface area contributed by atoms with E-state index in [-0.39, 0.29) is 5.91 Å². The second-order valence-corrected chi connectivity index (χ2v) is 4.96. The second-order valence-electron chi connectivity index (χ2n) is 4.96. The number of nitrogens with zero attached hydrogens (tertiary/aromatic N) is 2. The number of carbonyl (C=O) groups excluding carboxylic acids is 1. The van der Waals surface area contributed by atoms with Gasteiger partial charge >= 0.3 is 0 Å². The molecule has 0 aliphatic carbocycles. The first-order chi connectivity index (χ1) is 8.74. The van der Waals surface area contributed by atoms with E-state index >= 15 is 0 Å². The molecule has 1 aliphatic rings. The Bertz CT molecular complexity index is 226. The zero-order valence-corrected chi connectivity index (χ0v) is 12.0. The molecule has 4 heteroatoms. The van der Waals surface area contributed by atoms with Crippen LogP contribution >= 0.6 is 0 Å². The molecule has 1 saturated heterocycles. The topological polar surface area (TPSA) is 32.8 Å². The van der Waals surface area contributed by atoms with Crippen LogP contribution in [0.3, 0.4) is 0 Å². The van der Waals surface area contributed by atoms with Gasteiger partial charge in [0.2, 0.25) is 5.91 Å². The molecule has 106 valence electrons. The third-order valence-electron chi connectivity index (χ3n) is 3.53. The van der Waals surface area contributed by atoms with Gasteiger partial charge in [-0.25, -0.2) is 0 Å². The normalized spacial score (nSPS) is 17.1. The maximum Gasteiger partial charge on any atom is 0.219 e. The molecule has 0 aromatic rings. The smallest absolute Gasteiger partial charge is 0.219 e. The Morgan fingerprint density at radius 1 is 1.06 bits per heavy atom. The number of hydrogen-bond donors (Lipinski definition) is 0. The summed E-state index contributed by atoms with van der Waals surface area (Å²) in [6, 6.07) is 0. The molecule has 0 aromatic carbocycles. The van der Waals surface area contributed by atoms with Gasteiger partial charge in [0, 0.05) is 46.3 Å². The van der Waals surface area contributed by atoms with E-state index in [4.69, 9.17) is 4.74 Å². The van der Waals surface area contributed by atoms with Gasteiger partial charge in [-0.2, -0.15) is 0 Å². The Morgan fingerprint density at radius 2 is 1.72 bits per heavy atom. The first-order valence-electron chi connectivity index (χ1n) is 7.29. The summed E-state index contributed by atoms with van der Waals surface area (Å²) in [5, 5.41) is 0. The third-order valence-corrected chi connectivity index (χ3v) is 3.53. The lowest BCUT2D eigenvalue weighted by molar-refractivity contribution is -0.130. The third kappa shape index (κ3) is 6.36. The van der Waals surface area contributed by atoms with Gasteiger partial charge in [0.15, 0.2) is 0 Å². The van der Waals surface area contributed by atoms with E-state index in [1.54, 1.807) is 6.92 Å². The number of hydrogen-bond acceptors (Lipinski definition) is 3. The highest BCUT2D eigenvalue weighted by atomic mass is 16.5. The minimum Gasteiger partial charge on any atom is -0.382 e. The molecule has 1 amide bonds. The van der Waals surface area contributed by atoms with Gasteiger partial charge < -0.3 is 9.64 Å². The number of piperazine rings is 1. The second kappa shape index (κ2) is 9.34. The van der Waals surface area contributed by atoms with Crippen molar-refractivity contribution >= 4 is 5.91 Å². The Labute approximate surface area is 111 Å². The van der Waals surface area contributed by atoms with Crippen molar-refractivity contribution in [3.05, 3.63) is 0 Å². The van der Waals surface area contributed by atoms with Crippen LogP contribution in [0, 0.1) is 0 Å². The van der Waals surface area contributed by atoms with Crippen molar-refractivity contribution in [1.29, 1.82) is 0 Å². The number of ether oxygens (including phenoxy) is 1. The van der Waals surface area contributed by atoms with Crippen molar-refractivity contribution in [2.24, 2.45) is 0 Å². The molecule has 0 aromatic heterocycles. The maximum atomic E-state index is 11.2. The molecule has 0 saturated carbocycles. The molecular weight excluding hydrogens is 228 g/mol. The maximum absolute atomic E-state index is 11.2. The number of unbranched alkanes of at least 4 members (excludes halogenated alkanes) is 3. The summed E-state index contributed by atoms with van der Waals surface area (Å²) in [6.45, 7) is 10.5. The van der Waals surface area contributed by atoms with Gasteiger partial charge in [-0.1, -0.05) is 12.8 Å². The lowest BCUT2D eigenvalue weighted by Crippen LogP contribution is -2.48. The fraction of sp³-hybridized carbons (Fsp3) is 0.929. The van der Waals surface area contributed by atoms with Crippen LogP contribution in [0.5, 0.6) is 0 Å². The molecular formula is C14H28N2O2. The lowest BCUT2D eigenvalue weighted by atomic mass is 10.2. The first-order valence-corrected chi connectivity index (χ1v) is 7.29. The van der Waals surface area contributed by atoms with Crippen LogP contribution in [0.1, 0.15) is 39.5 Å². The summed E-state index contributed by atoms with van der Waals surface area (Å²) < 4.78 is 5.32. The molecule has 1 aliphatic heterocycles. The van der Waals surface area contributed by atoms with Crippen molar-refractivity contribution in [2.45, 2.75) is 39.5 Å². The van der Waals surface area contributed by atoms with Gasteiger partial charge in [0.05, 0.1) is 0 Å². The average Bonchev–Trinajstić information content (AvgIpc) is 2.38. The van der Waals surface area contributed by atoms with Crippen molar-refractivity contribution in [3.8, 4) is 0 Å². The van der Waals surface area contributed by atoms with E-state index in [0.717, 1.165) is 39.4 Å². The Balaban J connectivity index is 1.93. The molecule has 0 bridgehead atoms. The largest absolute Gasteiger partial charge is 0.382 e. The molecule has 0 radical (unpaired) electrons. The average molecular weight is 256 g/mol. The fourth-order valence-electron chi connectivity index (χ4n) is 2.32. The Hall–Kier alpha value is -0.610. The van der Waals surface area contributed by atoms with Crippen molar-refractivity contribution in [1.82, 2.24) is 9.80 Å². The quantitative estimate of drug-likeness (QED) is 0.620. The summed E-state index contributed by atoms with van der Waals surface area (Å²) in [5.74, 6) is 0.213. The number of amides is 1. The summed E-state index contributed by atoms with van der Waals surface area (Å²) in [7, 11) is 0. The SMILES string of the molecule is CCOCCCCCCN1CCN(C(C)=O)CC1. The van der Waals surface area contributed by atoms with Crippen LogP contribution in [0.4, 0.5) is 0 Å². The van der Waals surface area contributed by atoms with Crippen molar-refractivity contribution < 1.29 is 9.53 Å². The zero-order chi connectivity index (χ0) is 13.2.